The number of amides is 1. The molecule has 0 bridgehead atoms. The van der Waals surface area contributed by atoms with Gasteiger partial charge in [0, 0.05) is 14.5 Å². The highest BCUT2D eigenvalue weighted by atomic mass is 79.9. The molecule has 1 aliphatic rings. The number of Topliss-reactive ketones (excluding diaryl/α,β-unsaturated/α-hetero) is 1. The molecule has 2 aromatic carbocycles. The maximum absolute atomic E-state index is 13.3. The monoisotopic (exact) mass is 534 g/mol. The van der Waals surface area contributed by atoms with E-state index in [1.165, 1.54) is 4.90 Å². The number of carbonyl (C=O) groups excluding carboxylic acids is 2. The summed E-state index contributed by atoms with van der Waals surface area (Å²) >= 11 is 6.78. The van der Waals surface area contributed by atoms with Crippen LogP contribution in [0.2, 0.25) is 0 Å². The lowest BCUT2D eigenvalue weighted by molar-refractivity contribution is -0.895. The molecule has 1 N–H and O–H groups in total. The maximum atomic E-state index is 13.3. The van der Waals surface area contributed by atoms with E-state index in [0.29, 0.717) is 12.1 Å². The van der Waals surface area contributed by atoms with E-state index in [2.05, 4.69) is 45.7 Å². The van der Waals surface area contributed by atoms with Crippen molar-refractivity contribution in [2.24, 2.45) is 0 Å². The maximum Gasteiger partial charge on any atom is 0.295 e. The summed E-state index contributed by atoms with van der Waals surface area (Å²) in [7, 11) is 0. The molecule has 0 aliphatic carbocycles. The Bertz CT molecular complexity index is 951. The molecule has 0 saturated carbocycles. The number of halogens is 2. The number of likely N-dealkylation sites (N-methyl/N-ethyl adjacent to an activating group) is 1. The van der Waals surface area contributed by atoms with Crippen LogP contribution in [0.25, 0.3) is 5.76 Å². The van der Waals surface area contributed by atoms with Gasteiger partial charge in [0.1, 0.15) is 0 Å². The van der Waals surface area contributed by atoms with Crippen molar-refractivity contribution >= 4 is 49.3 Å². The topological polar surface area (TPSA) is 64.9 Å². The summed E-state index contributed by atoms with van der Waals surface area (Å²) in [6.07, 6.45) is 0. The SMILES string of the molecule is CC[NH+](CC)CCN1C(=O)C(=O)/C(=C(/[O-])c2ccc(Br)cc2)C1c1ccc(Br)cc1. The number of hydrogen-bond donors (Lipinski definition) is 1. The summed E-state index contributed by atoms with van der Waals surface area (Å²) < 4.78 is 1.73. The largest absolute Gasteiger partial charge is 0.872 e. The van der Waals surface area contributed by atoms with Crippen LogP contribution in [-0.2, 0) is 9.59 Å². The van der Waals surface area contributed by atoms with Gasteiger partial charge >= 0.3 is 0 Å². The molecule has 1 unspecified atom stereocenters. The van der Waals surface area contributed by atoms with E-state index in [1.54, 1.807) is 29.2 Å². The predicted octanol–water partition coefficient (Wildman–Crippen LogP) is 2.36. The summed E-state index contributed by atoms with van der Waals surface area (Å²) in [5.41, 5.74) is 1.18. The van der Waals surface area contributed by atoms with Crippen molar-refractivity contribution in [1.82, 2.24) is 4.90 Å². The Kier molecular flexibility index (Phi) is 7.50. The second-order valence-corrected chi connectivity index (χ2v) is 9.07. The van der Waals surface area contributed by atoms with Crippen LogP contribution in [0.1, 0.15) is 31.0 Å². The van der Waals surface area contributed by atoms with Crippen molar-refractivity contribution in [1.29, 1.82) is 0 Å². The third-order valence-corrected chi connectivity index (χ3v) is 6.59. The van der Waals surface area contributed by atoms with Crippen molar-refractivity contribution < 1.29 is 19.6 Å². The molecule has 1 amide bonds. The number of ketones is 1. The minimum absolute atomic E-state index is 0.0270. The highest BCUT2D eigenvalue weighted by Gasteiger charge is 2.44. The van der Waals surface area contributed by atoms with Crippen molar-refractivity contribution in [3.8, 4) is 0 Å². The average molecular weight is 536 g/mol. The van der Waals surface area contributed by atoms with Crippen molar-refractivity contribution in [3.05, 3.63) is 74.2 Å². The molecule has 3 rings (SSSR count). The van der Waals surface area contributed by atoms with Gasteiger partial charge in [-0.25, -0.2) is 0 Å². The van der Waals surface area contributed by atoms with Gasteiger partial charge in [-0.05, 0) is 49.2 Å². The Hall–Kier alpha value is -1.96. The Balaban J connectivity index is 2.08. The smallest absolute Gasteiger partial charge is 0.295 e. The molecular formula is C23H24Br2N2O3. The van der Waals surface area contributed by atoms with Crippen LogP contribution in [0, 0.1) is 0 Å². The fraction of sp³-hybridized carbons (Fsp3) is 0.304. The number of likely N-dealkylation sites (tertiary alicyclic amines) is 1. The minimum Gasteiger partial charge on any atom is -0.872 e. The molecule has 1 saturated heterocycles. The van der Waals surface area contributed by atoms with Crippen molar-refractivity contribution in [2.75, 3.05) is 26.2 Å². The number of carbonyl (C=O) groups is 2. The fourth-order valence-electron chi connectivity index (χ4n) is 3.73. The lowest BCUT2D eigenvalue weighted by Gasteiger charge is -2.28. The quantitative estimate of drug-likeness (QED) is 0.336. The van der Waals surface area contributed by atoms with E-state index in [9.17, 15) is 14.7 Å². The van der Waals surface area contributed by atoms with Crippen LogP contribution in [-0.4, -0.2) is 42.8 Å². The number of rotatable bonds is 7. The van der Waals surface area contributed by atoms with Gasteiger partial charge in [0.25, 0.3) is 5.91 Å². The molecule has 0 aromatic heterocycles. The fourth-order valence-corrected chi connectivity index (χ4v) is 4.26. The van der Waals surface area contributed by atoms with E-state index in [0.717, 1.165) is 34.1 Å². The second-order valence-electron chi connectivity index (χ2n) is 7.24. The van der Waals surface area contributed by atoms with Gasteiger partial charge in [0.05, 0.1) is 32.2 Å². The average Bonchev–Trinajstić information content (AvgIpc) is 3.00. The second kappa shape index (κ2) is 9.90. The normalized spacial score (nSPS) is 18.4. The lowest BCUT2D eigenvalue weighted by atomic mass is 9.95. The number of benzene rings is 2. The molecule has 1 heterocycles. The molecular weight excluding hydrogens is 512 g/mol. The molecule has 0 spiro atoms. The Morgan fingerprint density at radius 1 is 0.967 bits per heavy atom. The minimum atomic E-state index is -0.703. The molecule has 1 aliphatic heterocycles. The third-order valence-electron chi connectivity index (χ3n) is 5.53. The standard InChI is InChI=1S/C23H24Br2N2O3/c1-3-26(4-2)13-14-27-20(15-5-9-17(24)10-6-15)19(22(29)23(27)30)21(28)16-7-11-18(25)12-8-16/h5-12,20,28H,3-4,13-14H2,1-2H3/b21-19+. The van der Waals surface area contributed by atoms with Gasteiger partial charge in [0.15, 0.2) is 0 Å². The van der Waals surface area contributed by atoms with E-state index in [1.807, 2.05) is 24.3 Å². The van der Waals surface area contributed by atoms with Crippen molar-refractivity contribution in [3.63, 3.8) is 0 Å². The Morgan fingerprint density at radius 3 is 2.03 bits per heavy atom. The number of hydrogen-bond acceptors (Lipinski definition) is 3. The van der Waals surface area contributed by atoms with Crippen LogP contribution in [0.15, 0.2) is 63.0 Å². The predicted molar refractivity (Wildman–Crippen MR) is 122 cm³/mol. The highest BCUT2D eigenvalue weighted by molar-refractivity contribution is 9.10. The van der Waals surface area contributed by atoms with Crippen molar-refractivity contribution in [2.45, 2.75) is 19.9 Å². The van der Waals surface area contributed by atoms with Gasteiger partial charge in [-0.1, -0.05) is 61.9 Å². The number of nitrogens with zero attached hydrogens (tertiary/aromatic N) is 1. The molecule has 7 heteroatoms. The van der Waals surface area contributed by atoms with Gasteiger partial charge in [-0.3, -0.25) is 9.59 Å². The van der Waals surface area contributed by atoms with Crippen LogP contribution in [0.4, 0.5) is 0 Å². The highest BCUT2D eigenvalue weighted by Crippen LogP contribution is 2.38. The molecule has 1 atom stereocenters. The van der Waals surface area contributed by atoms with E-state index < -0.39 is 23.5 Å². The van der Waals surface area contributed by atoms with Gasteiger partial charge < -0.3 is 14.9 Å². The number of quaternary nitrogens is 1. The molecule has 30 heavy (non-hydrogen) atoms. The number of nitrogens with one attached hydrogen (secondary N) is 1. The summed E-state index contributed by atoms with van der Waals surface area (Å²) in [4.78, 5) is 28.8. The summed E-state index contributed by atoms with van der Waals surface area (Å²) in [5.74, 6) is -1.70. The van der Waals surface area contributed by atoms with Crippen LogP contribution in [0.3, 0.4) is 0 Å². The third kappa shape index (κ3) is 4.68. The summed E-state index contributed by atoms with van der Waals surface area (Å²) in [6, 6.07) is 13.6. The van der Waals surface area contributed by atoms with E-state index >= 15 is 0 Å². The van der Waals surface area contributed by atoms with E-state index in [-0.39, 0.29) is 5.57 Å². The Morgan fingerprint density at radius 2 is 1.50 bits per heavy atom. The molecule has 1 fully saturated rings. The first-order valence-corrected chi connectivity index (χ1v) is 11.6. The van der Waals surface area contributed by atoms with Gasteiger partial charge in [-0.15, -0.1) is 0 Å². The zero-order chi connectivity index (χ0) is 21.8. The molecule has 0 radical (unpaired) electrons. The first kappa shape index (κ1) is 22.7. The van der Waals surface area contributed by atoms with Gasteiger partial charge in [0.2, 0.25) is 5.78 Å². The zero-order valence-corrected chi connectivity index (χ0v) is 20.1. The molecule has 2 aromatic rings. The Labute approximate surface area is 193 Å². The van der Waals surface area contributed by atoms with Crippen LogP contribution >= 0.6 is 31.9 Å². The zero-order valence-electron chi connectivity index (χ0n) is 17.0. The summed E-state index contributed by atoms with van der Waals surface area (Å²) in [5, 5.41) is 13.3. The lowest BCUT2D eigenvalue weighted by Crippen LogP contribution is -3.12. The van der Waals surface area contributed by atoms with Crippen LogP contribution in [0.5, 0.6) is 0 Å². The first-order valence-electron chi connectivity index (χ1n) is 9.98. The van der Waals surface area contributed by atoms with Gasteiger partial charge in [-0.2, -0.15) is 0 Å². The van der Waals surface area contributed by atoms with Crippen LogP contribution < -0.4 is 10.0 Å². The van der Waals surface area contributed by atoms with E-state index in [4.69, 9.17) is 0 Å². The summed E-state index contributed by atoms with van der Waals surface area (Å²) in [6.45, 7) is 7.19. The first-order chi connectivity index (χ1) is 14.4. The molecule has 158 valence electrons. The molecule has 5 nitrogen and oxygen atoms in total.